The van der Waals surface area contributed by atoms with Crippen LogP contribution in [0.1, 0.15) is 30.6 Å². The molecule has 0 aliphatic rings. The molecule has 2 rings (SSSR count). The molecule has 0 saturated heterocycles. The van der Waals surface area contributed by atoms with Gasteiger partial charge in [0.2, 0.25) is 5.91 Å². The van der Waals surface area contributed by atoms with Crippen molar-refractivity contribution in [2.24, 2.45) is 5.92 Å². The molecule has 0 bridgehead atoms. The molecule has 0 aliphatic heterocycles. The molecule has 2 amide bonds. The molecule has 1 aromatic carbocycles. The molecule has 0 radical (unpaired) electrons. The van der Waals surface area contributed by atoms with Gasteiger partial charge in [0.05, 0.1) is 22.5 Å². The number of pyridine rings is 1. The molecule has 0 fully saturated rings. The summed E-state index contributed by atoms with van der Waals surface area (Å²) < 4.78 is 0. The predicted octanol–water partition coefficient (Wildman–Crippen LogP) is 4.24. The van der Waals surface area contributed by atoms with Crippen molar-refractivity contribution in [1.82, 2.24) is 10.3 Å². The number of amides is 2. The van der Waals surface area contributed by atoms with Crippen molar-refractivity contribution >= 4 is 46.5 Å². The van der Waals surface area contributed by atoms with Gasteiger partial charge in [0.25, 0.3) is 5.91 Å². The SMILES string of the molecule is CC(C)CC(NC(=O)c1ccc(Cl)cc1Cl)C(=O)Nc1ccc(N(C)C)cn1. The Morgan fingerprint density at radius 1 is 1.14 bits per heavy atom. The van der Waals surface area contributed by atoms with Crippen LogP contribution in [-0.4, -0.2) is 36.9 Å². The van der Waals surface area contributed by atoms with E-state index in [0.29, 0.717) is 17.3 Å². The third-order valence-corrected chi connectivity index (χ3v) is 4.57. The van der Waals surface area contributed by atoms with Crippen LogP contribution in [-0.2, 0) is 4.79 Å². The minimum atomic E-state index is -0.727. The quantitative estimate of drug-likeness (QED) is 0.699. The number of aromatic nitrogens is 1. The summed E-state index contributed by atoms with van der Waals surface area (Å²) in [5.74, 6) is -0.153. The number of anilines is 2. The molecule has 8 heteroatoms. The van der Waals surface area contributed by atoms with Gasteiger partial charge in [-0.2, -0.15) is 0 Å². The Kier molecular flexibility index (Phi) is 7.66. The minimum absolute atomic E-state index is 0.195. The summed E-state index contributed by atoms with van der Waals surface area (Å²) in [6, 6.07) is 7.45. The molecule has 6 nitrogen and oxygen atoms in total. The van der Waals surface area contributed by atoms with Gasteiger partial charge in [0, 0.05) is 19.1 Å². The van der Waals surface area contributed by atoms with Gasteiger partial charge >= 0.3 is 0 Å². The third kappa shape index (κ3) is 6.11. The van der Waals surface area contributed by atoms with E-state index in [4.69, 9.17) is 23.2 Å². The zero-order valence-corrected chi connectivity index (χ0v) is 17.8. The Balaban J connectivity index is 2.13. The lowest BCUT2D eigenvalue weighted by Crippen LogP contribution is -2.44. The third-order valence-electron chi connectivity index (χ3n) is 4.02. The summed E-state index contributed by atoms with van der Waals surface area (Å²) in [5.41, 5.74) is 1.18. The van der Waals surface area contributed by atoms with Crippen molar-refractivity contribution in [1.29, 1.82) is 0 Å². The van der Waals surface area contributed by atoms with E-state index >= 15 is 0 Å². The molecule has 150 valence electrons. The van der Waals surface area contributed by atoms with Gasteiger partial charge in [-0.05, 0) is 42.7 Å². The summed E-state index contributed by atoms with van der Waals surface area (Å²) in [7, 11) is 3.82. The highest BCUT2D eigenvalue weighted by atomic mass is 35.5. The number of carbonyl (C=O) groups excluding carboxylic acids is 2. The highest BCUT2D eigenvalue weighted by Crippen LogP contribution is 2.21. The predicted molar refractivity (Wildman–Crippen MR) is 114 cm³/mol. The summed E-state index contributed by atoms with van der Waals surface area (Å²) in [6.07, 6.45) is 2.14. The number of nitrogens with one attached hydrogen (secondary N) is 2. The van der Waals surface area contributed by atoms with Gasteiger partial charge < -0.3 is 15.5 Å². The summed E-state index contributed by atoms with van der Waals surface area (Å²) in [6.45, 7) is 3.96. The fraction of sp³-hybridized carbons (Fsp3) is 0.350. The lowest BCUT2D eigenvalue weighted by Gasteiger charge is -2.20. The van der Waals surface area contributed by atoms with Crippen LogP contribution in [0.15, 0.2) is 36.5 Å². The zero-order chi connectivity index (χ0) is 20.8. The Bertz CT molecular complexity index is 839. The van der Waals surface area contributed by atoms with Crippen LogP contribution in [0, 0.1) is 5.92 Å². The number of rotatable bonds is 7. The average molecular weight is 423 g/mol. The molecule has 1 unspecified atom stereocenters. The zero-order valence-electron chi connectivity index (χ0n) is 16.3. The van der Waals surface area contributed by atoms with E-state index in [9.17, 15) is 9.59 Å². The lowest BCUT2D eigenvalue weighted by molar-refractivity contribution is -0.118. The number of carbonyl (C=O) groups is 2. The van der Waals surface area contributed by atoms with E-state index in [1.165, 1.54) is 12.1 Å². The van der Waals surface area contributed by atoms with Gasteiger partial charge in [-0.1, -0.05) is 37.0 Å². The standard InChI is InChI=1S/C20H24Cl2N4O2/c1-12(2)9-17(24-19(27)15-7-5-13(21)10-16(15)22)20(28)25-18-8-6-14(11-23-18)26(3)4/h5-8,10-12,17H,9H2,1-4H3,(H,24,27)(H,23,25,28). The largest absolute Gasteiger partial charge is 0.376 e. The molecule has 0 saturated carbocycles. The van der Waals surface area contributed by atoms with E-state index in [0.717, 1.165) is 5.69 Å². The molecule has 2 N–H and O–H groups in total. The molecule has 1 atom stereocenters. The Labute approximate surface area is 175 Å². The van der Waals surface area contributed by atoms with Crippen molar-refractivity contribution in [2.45, 2.75) is 26.3 Å². The van der Waals surface area contributed by atoms with Gasteiger partial charge in [-0.15, -0.1) is 0 Å². The maximum absolute atomic E-state index is 12.7. The van der Waals surface area contributed by atoms with Crippen LogP contribution in [0.2, 0.25) is 10.0 Å². The molecule has 2 aromatic rings. The molecule has 0 spiro atoms. The van der Waals surface area contributed by atoms with Crippen LogP contribution < -0.4 is 15.5 Å². The van der Waals surface area contributed by atoms with Crippen LogP contribution in [0.25, 0.3) is 0 Å². The molecule has 1 heterocycles. The average Bonchev–Trinajstić information content (AvgIpc) is 2.61. The molecular weight excluding hydrogens is 399 g/mol. The normalized spacial score (nSPS) is 11.8. The van der Waals surface area contributed by atoms with Crippen molar-refractivity contribution in [3.8, 4) is 0 Å². The van der Waals surface area contributed by atoms with Crippen LogP contribution in [0.3, 0.4) is 0 Å². The summed E-state index contributed by atoms with van der Waals surface area (Å²) in [4.78, 5) is 31.5. The second-order valence-electron chi connectivity index (χ2n) is 7.07. The first kappa shape index (κ1) is 22.0. The van der Waals surface area contributed by atoms with Crippen LogP contribution >= 0.6 is 23.2 Å². The Morgan fingerprint density at radius 3 is 2.39 bits per heavy atom. The van der Waals surface area contributed by atoms with Crippen LogP contribution in [0.5, 0.6) is 0 Å². The van der Waals surface area contributed by atoms with E-state index in [1.54, 1.807) is 18.3 Å². The van der Waals surface area contributed by atoms with Gasteiger partial charge in [0.15, 0.2) is 0 Å². The highest BCUT2D eigenvalue weighted by molar-refractivity contribution is 6.36. The highest BCUT2D eigenvalue weighted by Gasteiger charge is 2.24. The Morgan fingerprint density at radius 2 is 1.86 bits per heavy atom. The van der Waals surface area contributed by atoms with Crippen molar-refractivity contribution in [2.75, 3.05) is 24.3 Å². The first-order valence-corrected chi connectivity index (χ1v) is 9.63. The second kappa shape index (κ2) is 9.75. The molecule has 0 aliphatic carbocycles. The first-order chi connectivity index (χ1) is 13.2. The smallest absolute Gasteiger partial charge is 0.253 e. The Hall–Kier alpha value is -2.31. The van der Waals surface area contributed by atoms with Crippen LogP contribution in [0.4, 0.5) is 11.5 Å². The first-order valence-electron chi connectivity index (χ1n) is 8.87. The maximum Gasteiger partial charge on any atom is 0.253 e. The number of halogens is 2. The van der Waals surface area contributed by atoms with Crippen molar-refractivity contribution in [3.05, 3.63) is 52.1 Å². The van der Waals surface area contributed by atoms with E-state index in [2.05, 4.69) is 15.6 Å². The number of nitrogens with zero attached hydrogens (tertiary/aromatic N) is 2. The number of hydrogen-bond acceptors (Lipinski definition) is 4. The van der Waals surface area contributed by atoms with Gasteiger partial charge in [-0.3, -0.25) is 9.59 Å². The monoisotopic (exact) mass is 422 g/mol. The van der Waals surface area contributed by atoms with Crippen molar-refractivity contribution < 1.29 is 9.59 Å². The molecule has 1 aromatic heterocycles. The van der Waals surface area contributed by atoms with E-state index < -0.39 is 11.9 Å². The van der Waals surface area contributed by atoms with Gasteiger partial charge in [0.1, 0.15) is 11.9 Å². The maximum atomic E-state index is 12.7. The fourth-order valence-electron chi connectivity index (χ4n) is 2.55. The molecular formula is C20H24Cl2N4O2. The number of benzene rings is 1. The van der Waals surface area contributed by atoms with Gasteiger partial charge in [-0.25, -0.2) is 4.98 Å². The molecule has 28 heavy (non-hydrogen) atoms. The van der Waals surface area contributed by atoms with E-state index in [1.807, 2.05) is 38.9 Å². The second-order valence-corrected chi connectivity index (χ2v) is 7.91. The lowest BCUT2D eigenvalue weighted by atomic mass is 10.0. The minimum Gasteiger partial charge on any atom is -0.376 e. The fourth-order valence-corrected chi connectivity index (χ4v) is 3.04. The summed E-state index contributed by atoms with van der Waals surface area (Å²) in [5, 5.41) is 6.18. The summed E-state index contributed by atoms with van der Waals surface area (Å²) >= 11 is 12.0. The topological polar surface area (TPSA) is 74.3 Å². The number of hydrogen-bond donors (Lipinski definition) is 2. The van der Waals surface area contributed by atoms with Crippen molar-refractivity contribution in [3.63, 3.8) is 0 Å². The van der Waals surface area contributed by atoms with E-state index in [-0.39, 0.29) is 22.4 Å².